The van der Waals surface area contributed by atoms with Gasteiger partial charge in [-0.15, -0.1) is 0 Å². The molecule has 0 radical (unpaired) electrons. The third-order valence-corrected chi connectivity index (χ3v) is 4.30. The van der Waals surface area contributed by atoms with Crippen LogP contribution in [-0.2, 0) is 11.2 Å². The van der Waals surface area contributed by atoms with Gasteiger partial charge in [0, 0.05) is 30.9 Å². The van der Waals surface area contributed by atoms with E-state index in [0.717, 1.165) is 30.7 Å². The molecule has 20 heavy (non-hydrogen) atoms. The number of halogens is 1. The monoisotopic (exact) mass is 280 g/mol. The van der Waals surface area contributed by atoms with Gasteiger partial charge in [0.1, 0.15) is 5.82 Å². The van der Waals surface area contributed by atoms with Crippen molar-refractivity contribution >= 4 is 5.69 Å². The first-order valence-electron chi connectivity index (χ1n) is 7.42. The van der Waals surface area contributed by atoms with Crippen molar-refractivity contribution in [2.75, 3.05) is 18.6 Å². The Morgan fingerprint density at radius 3 is 2.85 bits per heavy atom. The van der Waals surface area contributed by atoms with Gasteiger partial charge in [-0.2, -0.15) is 0 Å². The first-order valence-corrected chi connectivity index (χ1v) is 7.42. The third kappa shape index (κ3) is 3.13. The lowest BCUT2D eigenvalue weighted by Gasteiger charge is -2.31. The van der Waals surface area contributed by atoms with Gasteiger partial charge < -0.3 is 15.4 Å². The van der Waals surface area contributed by atoms with E-state index in [1.165, 1.54) is 6.07 Å². The van der Waals surface area contributed by atoms with Crippen molar-refractivity contribution in [1.29, 1.82) is 0 Å². The van der Waals surface area contributed by atoms with Crippen LogP contribution in [0, 0.1) is 5.82 Å². The zero-order valence-corrected chi connectivity index (χ0v) is 12.6. The standard InChI is InChI=1S/C16H25FN2O/c1-4-12(18)10-13-14(17)6-5-7-16(13)19(3)15-8-9-20-11(15)2/h5-7,11-12,15H,4,8-10,18H2,1-3H3. The molecule has 1 aliphatic rings. The summed E-state index contributed by atoms with van der Waals surface area (Å²) in [7, 11) is 2.02. The maximum Gasteiger partial charge on any atom is 0.128 e. The molecule has 0 aromatic heterocycles. The van der Waals surface area contributed by atoms with E-state index < -0.39 is 0 Å². The number of ether oxygens (including phenoxy) is 1. The van der Waals surface area contributed by atoms with E-state index in [2.05, 4.69) is 11.8 Å². The average molecular weight is 280 g/mol. The van der Waals surface area contributed by atoms with Gasteiger partial charge in [-0.05, 0) is 38.3 Å². The van der Waals surface area contributed by atoms with E-state index in [1.807, 2.05) is 20.0 Å². The number of anilines is 1. The number of hydrogen-bond donors (Lipinski definition) is 1. The second-order valence-corrected chi connectivity index (χ2v) is 5.65. The molecule has 4 heteroatoms. The second kappa shape index (κ2) is 6.55. The Hall–Kier alpha value is -1.13. The second-order valence-electron chi connectivity index (χ2n) is 5.65. The van der Waals surface area contributed by atoms with Crippen LogP contribution in [0.15, 0.2) is 18.2 Å². The van der Waals surface area contributed by atoms with Crippen LogP contribution in [0.2, 0.25) is 0 Å². The van der Waals surface area contributed by atoms with E-state index in [-0.39, 0.29) is 18.0 Å². The minimum Gasteiger partial charge on any atom is -0.376 e. The van der Waals surface area contributed by atoms with Crippen molar-refractivity contribution in [3.05, 3.63) is 29.6 Å². The molecule has 0 saturated carbocycles. The number of likely N-dealkylation sites (N-methyl/N-ethyl adjacent to an activating group) is 1. The largest absolute Gasteiger partial charge is 0.376 e. The summed E-state index contributed by atoms with van der Waals surface area (Å²) in [5.41, 5.74) is 7.68. The van der Waals surface area contributed by atoms with E-state index in [4.69, 9.17) is 10.5 Å². The third-order valence-electron chi connectivity index (χ3n) is 4.30. The molecule has 1 saturated heterocycles. The Balaban J connectivity index is 2.28. The highest BCUT2D eigenvalue weighted by molar-refractivity contribution is 5.55. The maximum absolute atomic E-state index is 14.2. The van der Waals surface area contributed by atoms with Crippen LogP contribution < -0.4 is 10.6 Å². The van der Waals surface area contributed by atoms with E-state index in [0.29, 0.717) is 12.5 Å². The van der Waals surface area contributed by atoms with Crippen LogP contribution in [0.4, 0.5) is 10.1 Å². The normalized spacial score (nSPS) is 23.9. The molecule has 0 spiro atoms. The van der Waals surface area contributed by atoms with Crippen LogP contribution in [-0.4, -0.2) is 31.8 Å². The fraction of sp³-hybridized carbons (Fsp3) is 0.625. The summed E-state index contributed by atoms with van der Waals surface area (Å²) in [5.74, 6) is -0.162. The molecule has 0 amide bonds. The van der Waals surface area contributed by atoms with Crippen LogP contribution in [0.3, 0.4) is 0 Å². The highest BCUT2D eigenvalue weighted by atomic mass is 19.1. The van der Waals surface area contributed by atoms with Crippen molar-refractivity contribution in [2.24, 2.45) is 5.73 Å². The number of nitrogens with zero attached hydrogens (tertiary/aromatic N) is 1. The Labute approximate surface area is 120 Å². The fourth-order valence-electron chi connectivity index (χ4n) is 2.89. The van der Waals surface area contributed by atoms with Crippen molar-refractivity contribution < 1.29 is 9.13 Å². The predicted octanol–water partition coefficient (Wildman–Crippen LogP) is 2.72. The first-order chi connectivity index (χ1) is 9.54. The van der Waals surface area contributed by atoms with Crippen molar-refractivity contribution in [3.8, 4) is 0 Å². The molecule has 2 N–H and O–H groups in total. The zero-order chi connectivity index (χ0) is 14.7. The summed E-state index contributed by atoms with van der Waals surface area (Å²) in [6, 6.07) is 5.56. The van der Waals surface area contributed by atoms with Gasteiger partial charge in [-0.25, -0.2) is 4.39 Å². The van der Waals surface area contributed by atoms with Crippen molar-refractivity contribution in [3.63, 3.8) is 0 Å². The molecular formula is C16H25FN2O. The van der Waals surface area contributed by atoms with Gasteiger partial charge in [0.05, 0.1) is 12.1 Å². The highest BCUT2D eigenvalue weighted by Crippen LogP contribution is 2.29. The van der Waals surface area contributed by atoms with Gasteiger partial charge in [-0.1, -0.05) is 13.0 Å². The van der Waals surface area contributed by atoms with Gasteiger partial charge in [0.2, 0.25) is 0 Å². The molecule has 2 rings (SSSR count). The molecule has 0 aliphatic carbocycles. The highest BCUT2D eigenvalue weighted by Gasteiger charge is 2.29. The molecular weight excluding hydrogens is 255 g/mol. The summed E-state index contributed by atoms with van der Waals surface area (Å²) >= 11 is 0. The molecule has 112 valence electrons. The minimum absolute atomic E-state index is 0.00342. The lowest BCUT2D eigenvalue weighted by atomic mass is 10.00. The van der Waals surface area contributed by atoms with Gasteiger partial charge >= 0.3 is 0 Å². The molecule has 1 aromatic carbocycles. The topological polar surface area (TPSA) is 38.5 Å². The van der Waals surface area contributed by atoms with Gasteiger partial charge in [0.15, 0.2) is 0 Å². The number of hydrogen-bond acceptors (Lipinski definition) is 3. The van der Waals surface area contributed by atoms with Crippen LogP contribution in [0.25, 0.3) is 0 Å². The van der Waals surface area contributed by atoms with E-state index in [1.54, 1.807) is 6.07 Å². The molecule has 1 heterocycles. The van der Waals surface area contributed by atoms with Gasteiger partial charge in [0.25, 0.3) is 0 Å². The Morgan fingerprint density at radius 2 is 2.25 bits per heavy atom. The summed E-state index contributed by atoms with van der Waals surface area (Å²) in [4.78, 5) is 2.15. The molecule has 1 aliphatic heterocycles. The van der Waals surface area contributed by atoms with Crippen molar-refractivity contribution in [1.82, 2.24) is 0 Å². The number of nitrogens with two attached hydrogens (primary N) is 1. The van der Waals surface area contributed by atoms with E-state index in [9.17, 15) is 4.39 Å². The fourth-order valence-corrected chi connectivity index (χ4v) is 2.89. The van der Waals surface area contributed by atoms with Crippen molar-refractivity contribution in [2.45, 2.75) is 51.3 Å². The SMILES string of the molecule is CCC(N)Cc1c(F)cccc1N(C)C1CCOC1C. The summed E-state index contributed by atoms with van der Waals surface area (Å²) in [5, 5.41) is 0. The Bertz CT molecular complexity index is 452. The lowest BCUT2D eigenvalue weighted by molar-refractivity contribution is 0.118. The first kappa shape index (κ1) is 15.3. The molecule has 0 bridgehead atoms. The smallest absolute Gasteiger partial charge is 0.128 e. The number of rotatable bonds is 5. The predicted molar refractivity (Wildman–Crippen MR) is 80.6 cm³/mol. The van der Waals surface area contributed by atoms with E-state index >= 15 is 0 Å². The van der Waals surface area contributed by atoms with Crippen LogP contribution in [0.5, 0.6) is 0 Å². The van der Waals surface area contributed by atoms with Crippen LogP contribution >= 0.6 is 0 Å². The molecule has 1 fully saturated rings. The minimum atomic E-state index is -0.162. The number of benzene rings is 1. The Kier molecular flexibility index (Phi) is 5.00. The Morgan fingerprint density at radius 1 is 1.50 bits per heavy atom. The van der Waals surface area contributed by atoms with Gasteiger partial charge in [-0.3, -0.25) is 0 Å². The average Bonchev–Trinajstić information content (AvgIpc) is 2.86. The summed E-state index contributed by atoms with van der Waals surface area (Å²) < 4.78 is 19.8. The molecule has 1 aromatic rings. The summed E-state index contributed by atoms with van der Waals surface area (Å²) in [6.07, 6.45) is 2.58. The zero-order valence-electron chi connectivity index (χ0n) is 12.6. The molecule has 3 unspecified atom stereocenters. The maximum atomic E-state index is 14.2. The lowest BCUT2D eigenvalue weighted by Crippen LogP contribution is -2.37. The molecule has 3 nitrogen and oxygen atoms in total. The van der Waals surface area contributed by atoms with Crippen LogP contribution in [0.1, 0.15) is 32.3 Å². The quantitative estimate of drug-likeness (QED) is 0.901. The molecule has 3 atom stereocenters. The summed E-state index contributed by atoms with van der Waals surface area (Å²) in [6.45, 7) is 4.88.